The second kappa shape index (κ2) is 12.1. The Morgan fingerprint density at radius 3 is 2.56 bits per heavy atom. The lowest BCUT2D eigenvalue weighted by Gasteiger charge is -2.38. The second-order valence-electron chi connectivity index (χ2n) is 10.6. The van der Waals surface area contributed by atoms with Gasteiger partial charge in [-0.25, -0.2) is 18.1 Å². The van der Waals surface area contributed by atoms with E-state index in [-0.39, 0.29) is 29.0 Å². The van der Waals surface area contributed by atoms with Crippen molar-refractivity contribution in [2.24, 2.45) is 11.8 Å². The van der Waals surface area contributed by atoms with Gasteiger partial charge in [0, 0.05) is 19.0 Å². The van der Waals surface area contributed by atoms with Crippen molar-refractivity contribution in [1.29, 1.82) is 0 Å². The Morgan fingerprint density at radius 2 is 1.92 bits per heavy atom. The molecule has 3 amide bonds. The van der Waals surface area contributed by atoms with Gasteiger partial charge in [-0.1, -0.05) is 26.0 Å². The third-order valence-electron chi connectivity index (χ3n) is 7.18. The van der Waals surface area contributed by atoms with Gasteiger partial charge in [-0.15, -0.1) is 11.3 Å². The third-order valence-corrected chi connectivity index (χ3v) is 8.92. The minimum Gasteiger partial charge on any atom is -0.356 e. The average Bonchev–Trinajstić information content (AvgIpc) is 3.51. The number of piperidine rings is 1. The summed E-state index contributed by atoms with van der Waals surface area (Å²) < 4.78 is 27.1. The number of hydrogen-bond acceptors (Lipinski definition) is 8. The number of ketones is 1. The number of para-hydroxylation sites is 1. The Balaban J connectivity index is 1.58. The van der Waals surface area contributed by atoms with Gasteiger partial charge in [-0.2, -0.15) is 0 Å². The molecule has 4 atom stereocenters. The molecule has 2 aliphatic heterocycles. The summed E-state index contributed by atoms with van der Waals surface area (Å²) >= 11 is 1.23. The Labute approximate surface area is 232 Å². The van der Waals surface area contributed by atoms with Crippen molar-refractivity contribution in [3.8, 4) is 0 Å². The number of sulfonamides is 1. The molecule has 0 spiro atoms. The molecule has 212 valence electrons. The molecular weight excluding hydrogens is 542 g/mol. The standard InChI is InChI=1S/C26H35N5O6S2/c1-15(2)21(30-39(3,36)37)26(35)31-13-7-6-9-19(31)24(34)28-18(14-16-11-12-27-23(16)33)22(32)25-29-17-8-4-5-10-20(17)38-25/h4-5,8,10,15-16,18-19,21,30H,6-7,9,11-14H2,1-3H3,(H,27,33)(H,28,34)/t16-,18-,19-,21-/m0/s1. The van der Waals surface area contributed by atoms with Gasteiger partial charge >= 0.3 is 0 Å². The van der Waals surface area contributed by atoms with Crippen LogP contribution in [0.15, 0.2) is 24.3 Å². The van der Waals surface area contributed by atoms with Crippen LogP contribution in [-0.2, 0) is 24.4 Å². The molecule has 3 heterocycles. The minimum absolute atomic E-state index is 0.122. The summed E-state index contributed by atoms with van der Waals surface area (Å²) in [7, 11) is -3.67. The normalized spacial score (nSPS) is 21.5. The lowest BCUT2D eigenvalue weighted by molar-refractivity contribution is -0.144. The fourth-order valence-electron chi connectivity index (χ4n) is 5.13. The number of rotatable bonds is 10. The highest BCUT2D eigenvalue weighted by Crippen LogP contribution is 2.26. The molecule has 4 rings (SSSR count). The van der Waals surface area contributed by atoms with Crippen LogP contribution in [0.4, 0.5) is 0 Å². The summed E-state index contributed by atoms with van der Waals surface area (Å²) in [5.74, 6) is -2.28. The highest BCUT2D eigenvalue weighted by atomic mass is 32.2. The van der Waals surface area contributed by atoms with Gasteiger partial charge < -0.3 is 15.5 Å². The van der Waals surface area contributed by atoms with Crippen LogP contribution in [-0.4, -0.2) is 79.3 Å². The van der Waals surface area contributed by atoms with Crippen LogP contribution in [0.25, 0.3) is 10.2 Å². The zero-order chi connectivity index (χ0) is 28.3. The van der Waals surface area contributed by atoms with Crippen LogP contribution in [0, 0.1) is 11.8 Å². The number of amides is 3. The number of thiazole rings is 1. The first-order valence-electron chi connectivity index (χ1n) is 13.2. The molecule has 11 nitrogen and oxygen atoms in total. The molecule has 3 N–H and O–H groups in total. The number of carbonyl (C=O) groups is 4. The maximum atomic E-state index is 13.7. The quantitative estimate of drug-likeness (QED) is 0.361. The Hall–Kier alpha value is -2.90. The highest BCUT2D eigenvalue weighted by molar-refractivity contribution is 7.88. The van der Waals surface area contributed by atoms with E-state index in [0.29, 0.717) is 44.3 Å². The molecule has 0 bridgehead atoms. The maximum Gasteiger partial charge on any atom is 0.243 e. The fraction of sp³-hybridized carbons (Fsp3) is 0.577. The van der Waals surface area contributed by atoms with E-state index in [2.05, 4.69) is 20.3 Å². The minimum atomic E-state index is -3.67. The Kier molecular flexibility index (Phi) is 9.02. The van der Waals surface area contributed by atoms with Crippen molar-refractivity contribution in [3.63, 3.8) is 0 Å². The molecule has 2 saturated heterocycles. The monoisotopic (exact) mass is 577 g/mol. The van der Waals surface area contributed by atoms with Crippen molar-refractivity contribution in [2.75, 3.05) is 19.3 Å². The van der Waals surface area contributed by atoms with Gasteiger partial charge in [0.25, 0.3) is 0 Å². The molecule has 13 heteroatoms. The van der Waals surface area contributed by atoms with Crippen LogP contribution in [0.3, 0.4) is 0 Å². The number of carbonyl (C=O) groups excluding carboxylic acids is 4. The van der Waals surface area contributed by atoms with E-state index in [9.17, 15) is 27.6 Å². The number of benzene rings is 1. The maximum absolute atomic E-state index is 13.7. The van der Waals surface area contributed by atoms with Crippen molar-refractivity contribution in [1.82, 2.24) is 25.2 Å². The van der Waals surface area contributed by atoms with Crippen LogP contribution in [0.1, 0.15) is 55.8 Å². The van der Waals surface area contributed by atoms with Gasteiger partial charge in [0.2, 0.25) is 33.5 Å². The second-order valence-corrected chi connectivity index (χ2v) is 13.4. The first-order valence-corrected chi connectivity index (χ1v) is 15.9. The first-order chi connectivity index (χ1) is 18.4. The van der Waals surface area contributed by atoms with Gasteiger partial charge in [-0.05, 0) is 50.2 Å². The van der Waals surface area contributed by atoms with E-state index >= 15 is 0 Å². The molecule has 2 fully saturated rings. The number of fused-ring (bicyclic) bond motifs is 1. The predicted molar refractivity (Wildman–Crippen MR) is 148 cm³/mol. The molecule has 2 aromatic rings. The number of likely N-dealkylation sites (tertiary alicyclic amines) is 1. The number of nitrogens with one attached hydrogen (secondary N) is 3. The fourth-order valence-corrected chi connectivity index (χ4v) is 6.92. The van der Waals surface area contributed by atoms with E-state index in [1.165, 1.54) is 16.2 Å². The van der Waals surface area contributed by atoms with Crippen LogP contribution in [0.2, 0.25) is 0 Å². The van der Waals surface area contributed by atoms with Crippen LogP contribution in [0.5, 0.6) is 0 Å². The summed E-state index contributed by atoms with van der Waals surface area (Å²) in [6.45, 7) is 4.28. The summed E-state index contributed by atoms with van der Waals surface area (Å²) in [6, 6.07) is 4.48. The zero-order valence-electron chi connectivity index (χ0n) is 22.3. The lowest BCUT2D eigenvalue weighted by Crippen LogP contribution is -2.60. The van der Waals surface area contributed by atoms with E-state index in [4.69, 9.17) is 0 Å². The molecule has 0 unspecified atom stereocenters. The van der Waals surface area contributed by atoms with E-state index < -0.39 is 45.9 Å². The molecule has 2 aliphatic rings. The summed E-state index contributed by atoms with van der Waals surface area (Å²) in [5.41, 5.74) is 0.677. The van der Waals surface area contributed by atoms with Crippen molar-refractivity contribution in [3.05, 3.63) is 29.3 Å². The van der Waals surface area contributed by atoms with E-state index in [1.54, 1.807) is 13.8 Å². The number of Topliss-reactive ketones (excluding diaryl/α,β-unsaturated/α-hetero) is 1. The van der Waals surface area contributed by atoms with Crippen molar-refractivity contribution >= 4 is 55.1 Å². The van der Waals surface area contributed by atoms with E-state index in [0.717, 1.165) is 11.0 Å². The molecule has 0 saturated carbocycles. The van der Waals surface area contributed by atoms with Gasteiger partial charge in [0.1, 0.15) is 12.1 Å². The van der Waals surface area contributed by atoms with Crippen LogP contribution < -0.4 is 15.4 Å². The van der Waals surface area contributed by atoms with Gasteiger partial charge in [0.05, 0.1) is 22.5 Å². The van der Waals surface area contributed by atoms with Crippen molar-refractivity contribution < 1.29 is 27.6 Å². The van der Waals surface area contributed by atoms with E-state index in [1.807, 2.05) is 24.3 Å². The molecule has 1 aromatic heterocycles. The predicted octanol–water partition coefficient (Wildman–Crippen LogP) is 1.44. The number of aromatic nitrogens is 1. The first kappa shape index (κ1) is 29.1. The summed E-state index contributed by atoms with van der Waals surface area (Å²) in [4.78, 5) is 59.0. The highest BCUT2D eigenvalue weighted by Gasteiger charge is 2.40. The molecule has 0 radical (unpaired) electrons. The zero-order valence-corrected chi connectivity index (χ0v) is 23.9. The molecular formula is C26H35N5O6S2. The molecule has 39 heavy (non-hydrogen) atoms. The molecule has 0 aliphatic carbocycles. The van der Waals surface area contributed by atoms with Crippen LogP contribution >= 0.6 is 11.3 Å². The lowest BCUT2D eigenvalue weighted by atomic mass is 9.94. The SMILES string of the molecule is CC(C)[C@H](NS(C)(=O)=O)C(=O)N1CCCC[C@H]1C(=O)N[C@@H](C[C@@H]1CCNC1=O)C(=O)c1nc2ccccc2s1. The molecule has 1 aromatic carbocycles. The Bertz CT molecular complexity index is 1320. The smallest absolute Gasteiger partial charge is 0.243 e. The summed E-state index contributed by atoms with van der Waals surface area (Å²) in [6.07, 6.45) is 3.43. The van der Waals surface area contributed by atoms with Crippen molar-refractivity contribution in [2.45, 2.75) is 64.1 Å². The van der Waals surface area contributed by atoms with Gasteiger partial charge in [0.15, 0.2) is 5.01 Å². The topological polar surface area (TPSA) is 155 Å². The number of hydrogen-bond donors (Lipinski definition) is 3. The average molecular weight is 578 g/mol. The Morgan fingerprint density at radius 1 is 1.18 bits per heavy atom. The van der Waals surface area contributed by atoms with Gasteiger partial charge in [-0.3, -0.25) is 19.2 Å². The number of nitrogens with zero attached hydrogens (tertiary/aromatic N) is 2. The largest absolute Gasteiger partial charge is 0.356 e. The summed E-state index contributed by atoms with van der Waals surface area (Å²) in [5, 5.41) is 5.86. The third kappa shape index (κ3) is 7.00.